The van der Waals surface area contributed by atoms with Gasteiger partial charge in [0.15, 0.2) is 5.65 Å². The SMILES string of the molecule is COc1ccccc1-c1c(C)nn2c(SCC(=O)NCCc3ccccc3)cc(C)nc12. The van der Waals surface area contributed by atoms with Crippen LogP contribution in [0.4, 0.5) is 0 Å². The van der Waals surface area contributed by atoms with E-state index in [1.165, 1.54) is 17.3 Å². The van der Waals surface area contributed by atoms with Crippen molar-refractivity contribution in [3.05, 3.63) is 77.6 Å². The van der Waals surface area contributed by atoms with Crippen molar-refractivity contribution in [1.82, 2.24) is 19.9 Å². The van der Waals surface area contributed by atoms with Gasteiger partial charge < -0.3 is 10.1 Å². The van der Waals surface area contributed by atoms with E-state index in [4.69, 9.17) is 14.8 Å². The van der Waals surface area contributed by atoms with Crippen LogP contribution < -0.4 is 10.1 Å². The van der Waals surface area contributed by atoms with E-state index >= 15 is 0 Å². The minimum atomic E-state index is 0.00220. The zero-order chi connectivity index (χ0) is 22.5. The third-order valence-corrected chi connectivity index (χ3v) is 6.16. The molecule has 164 valence electrons. The molecule has 0 aliphatic heterocycles. The molecule has 4 aromatic rings. The van der Waals surface area contributed by atoms with Crippen LogP contribution in [0.5, 0.6) is 5.75 Å². The highest BCUT2D eigenvalue weighted by Crippen LogP contribution is 2.35. The van der Waals surface area contributed by atoms with E-state index in [0.29, 0.717) is 12.3 Å². The van der Waals surface area contributed by atoms with Crippen molar-refractivity contribution >= 4 is 23.3 Å². The van der Waals surface area contributed by atoms with Gasteiger partial charge in [-0.05, 0) is 38.0 Å². The molecule has 0 aliphatic carbocycles. The number of hydrogen-bond acceptors (Lipinski definition) is 5. The first-order valence-corrected chi connectivity index (χ1v) is 11.5. The smallest absolute Gasteiger partial charge is 0.230 e. The first-order valence-electron chi connectivity index (χ1n) is 10.5. The third-order valence-electron chi connectivity index (χ3n) is 5.17. The van der Waals surface area contributed by atoms with Gasteiger partial charge in [-0.15, -0.1) is 0 Å². The van der Waals surface area contributed by atoms with E-state index in [0.717, 1.165) is 45.4 Å². The maximum Gasteiger partial charge on any atom is 0.230 e. The number of nitrogens with one attached hydrogen (secondary N) is 1. The number of para-hydroxylation sites is 1. The van der Waals surface area contributed by atoms with Crippen LogP contribution in [0.3, 0.4) is 0 Å². The Balaban J connectivity index is 1.52. The van der Waals surface area contributed by atoms with Gasteiger partial charge in [-0.3, -0.25) is 4.79 Å². The second kappa shape index (κ2) is 9.87. The van der Waals surface area contributed by atoms with Gasteiger partial charge in [-0.2, -0.15) is 5.10 Å². The topological polar surface area (TPSA) is 68.5 Å². The van der Waals surface area contributed by atoms with Crippen molar-refractivity contribution in [3.8, 4) is 16.9 Å². The number of methoxy groups -OCH3 is 1. The number of thioether (sulfide) groups is 1. The van der Waals surface area contributed by atoms with Crippen LogP contribution in [0.1, 0.15) is 17.0 Å². The number of rotatable bonds is 8. The number of amides is 1. The molecule has 2 heterocycles. The van der Waals surface area contributed by atoms with Gasteiger partial charge in [0.1, 0.15) is 10.8 Å². The Kier molecular flexibility index (Phi) is 6.75. The number of nitrogens with zero attached hydrogens (tertiary/aromatic N) is 3. The molecule has 0 saturated carbocycles. The Morgan fingerprint density at radius 2 is 1.84 bits per heavy atom. The molecule has 0 radical (unpaired) electrons. The zero-order valence-electron chi connectivity index (χ0n) is 18.5. The average molecular weight is 447 g/mol. The fourth-order valence-corrected chi connectivity index (χ4v) is 4.55. The number of hydrogen-bond donors (Lipinski definition) is 1. The van der Waals surface area contributed by atoms with Crippen LogP contribution >= 0.6 is 11.8 Å². The number of fused-ring (bicyclic) bond motifs is 1. The Morgan fingerprint density at radius 1 is 1.09 bits per heavy atom. The number of benzene rings is 2. The summed E-state index contributed by atoms with van der Waals surface area (Å²) in [5.74, 6) is 1.10. The fourth-order valence-electron chi connectivity index (χ4n) is 3.66. The van der Waals surface area contributed by atoms with Gasteiger partial charge in [-0.25, -0.2) is 9.50 Å². The maximum atomic E-state index is 12.4. The Morgan fingerprint density at radius 3 is 2.62 bits per heavy atom. The summed E-state index contributed by atoms with van der Waals surface area (Å²) in [6.45, 7) is 4.54. The van der Waals surface area contributed by atoms with Gasteiger partial charge in [0.25, 0.3) is 0 Å². The summed E-state index contributed by atoms with van der Waals surface area (Å²) in [5, 5.41) is 8.62. The lowest BCUT2D eigenvalue weighted by molar-refractivity contribution is -0.118. The minimum absolute atomic E-state index is 0.00220. The monoisotopic (exact) mass is 446 g/mol. The van der Waals surface area contributed by atoms with Gasteiger partial charge in [0, 0.05) is 17.8 Å². The predicted molar refractivity (Wildman–Crippen MR) is 128 cm³/mol. The molecule has 7 heteroatoms. The van der Waals surface area contributed by atoms with E-state index < -0.39 is 0 Å². The van der Waals surface area contributed by atoms with Crippen molar-refractivity contribution in [2.75, 3.05) is 19.4 Å². The van der Waals surface area contributed by atoms with E-state index in [2.05, 4.69) is 17.4 Å². The van der Waals surface area contributed by atoms with Gasteiger partial charge in [0.05, 0.1) is 24.1 Å². The quantitative estimate of drug-likeness (QED) is 0.319. The lowest BCUT2D eigenvalue weighted by atomic mass is 10.1. The number of ether oxygens (including phenoxy) is 1. The number of carbonyl (C=O) groups excluding carboxylic acids is 1. The van der Waals surface area contributed by atoms with E-state index in [-0.39, 0.29) is 5.91 Å². The first-order chi connectivity index (χ1) is 15.6. The first kappa shape index (κ1) is 21.9. The van der Waals surface area contributed by atoms with Crippen molar-refractivity contribution in [2.24, 2.45) is 0 Å². The predicted octanol–water partition coefficient (Wildman–Crippen LogP) is 4.47. The summed E-state index contributed by atoms with van der Waals surface area (Å²) >= 11 is 1.46. The zero-order valence-corrected chi connectivity index (χ0v) is 19.3. The van der Waals surface area contributed by atoms with Gasteiger partial charge in [-0.1, -0.05) is 60.3 Å². The summed E-state index contributed by atoms with van der Waals surface area (Å²) in [6, 6.07) is 20.0. The summed E-state index contributed by atoms with van der Waals surface area (Å²) < 4.78 is 7.38. The lowest BCUT2D eigenvalue weighted by Gasteiger charge is -2.09. The Hall–Kier alpha value is -3.32. The molecule has 0 bridgehead atoms. The fraction of sp³-hybridized carbons (Fsp3) is 0.240. The van der Waals surface area contributed by atoms with Crippen LogP contribution in [-0.2, 0) is 11.2 Å². The number of aromatic nitrogens is 3. The van der Waals surface area contributed by atoms with Crippen LogP contribution in [0, 0.1) is 13.8 Å². The normalized spacial score (nSPS) is 11.0. The Labute approximate surface area is 192 Å². The van der Waals surface area contributed by atoms with Crippen LogP contribution in [0.2, 0.25) is 0 Å². The maximum absolute atomic E-state index is 12.4. The molecular formula is C25H26N4O2S. The number of aryl methyl sites for hydroxylation is 2. The molecule has 1 amide bonds. The van der Waals surface area contributed by atoms with E-state index in [9.17, 15) is 4.79 Å². The molecule has 0 unspecified atom stereocenters. The van der Waals surface area contributed by atoms with E-state index in [1.807, 2.05) is 66.9 Å². The lowest BCUT2D eigenvalue weighted by Crippen LogP contribution is -2.27. The molecule has 2 aromatic carbocycles. The molecule has 0 atom stereocenters. The van der Waals surface area contributed by atoms with E-state index in [1.54, 1.807) is 7.11 Å². The second-order valence-electron chi connectivity index (χ2n) is 7.51. The van der Waals surface area contributed by atoms with Gasteiger partial charge >= 0.3 is 0 Å². The molecule has 4 rings (SSSR count). The average Bonchev–Trinajstić information content (AvgIpc) is 3.13. The van der Waals surface area contributed by atoms with Crippen molar-refractivity contribution in [1.29, 1.82) is 0 Å². The third kappa shape index (κ3) is 4.78. The standard InChI is InChI=1S/C25H26N4O2S/c1-17-15-23(32-16-22(30)26-14-13-19-9-5-4-6-10-19)29-25(27-17)24(18(2)28-29)20-11-7-8-12-21(20)31-3/h4-12,15H,13-14,16H2,1-3H3,(H,26,30). The summed E-state index contributed by atoms with van der Waals surface area (Å²) in [6.07, 6.45) is 0.816. The van der Waals surface area contributed by atoms with Crippen molar-refractivity contribution < 1.29 is 9.53 Å². The highest BCUT2D eigenvalue weighted by Gasteiger charge is 2.19. The molecule has 0 saturated heterocycles. The van der Waals surface area contributed by atoms with Crippen LogP contribution in [0.25, 0.3) is 16.8 Å². The van der Waals surface area contributed by atoms with Crippen LogP contribution in [-0.4, -0.2) is 39.9 Å². The Bertz CT molecular complexity index is 1240. The van der Waals surface area contributed by atoms with Crippen molar-refractivity contribution in [2.45, 2.75) is 25.3 Å². The largest absolute Gasteiger partial charge is 0.496 e. The molecule has 0 spiro atoms. The summed E-state index contributed by atoms with van der Waals surface area (Å²) in [5.41, 5.74) is 5.61. The molecule has 32 heavy (non-hydrogen) atoms. The van der Waals surface area contributed by atoms with Gasteiger partial charge in [0.2, 0.25) is 5.91 Å². The number of carbonyl (C=O) groups is 1. The molecule has 2 aromatic heterocycles. The summed E-state index contributed by atoms with van der Waals surface area (Å²) in [4.78, 5) is 17.2. The second-order valence-corrected chi connectivity index (χ2v) is 8.50. The van der Waals surface area contributed by atoms with Crippen molar-refractivity contribution in [3.63, 3.8) is 0 Å². The minimum Gasteiger partial charge on any atom is -0.496 e. The molecule has 1 N–H and O–H groups in total. The summed E-state index contributed by atoms with van der Waals surface area (Å²) in [7, 11) is 1.66. The molecule has 0 aliphatic rings. The molecule has 6 nitrogen and oxygen atoms in total. The van der Waals surface area contributed by atoms with Crippen LogP contribution in [0.15, 0.2) is 65.7 Å². The molecule has 0 fully saturated rings. The highest BCUT2D eigenvalue weighted by atomic mass is 32.2. The molecular weight excluding hydrogens is 420 g/mol. The highest BCUT2D eigenvalue weighted by molar-refractivity contribution is 7.99.